The van der Waals surface area contributed by atoms with Crippen LogP contribution in [-0.4, -0.2) is 61.2 Å². The van der Waals surface area contributed by atoms with Gasteiger partial charge in [-0.2, -0.15) is 0 Å². The maximum atomic E-state index is 9.73. The zero-order valence-electron chi connectivity index (χ0n) is 11.4. The molecule has 0 saturated carbocycles. The van der Waals surface area contributed by atoms with Gasteiger partial charge in [-0.15, -0.1) is 0 Å². The zero-order chi connectivity index (χ0) is 13.7. The summed E-state index contributed by atoms with van der Waals surface area (Å²) in [4.78, 5) is 4.81. The van der Waals surface area contributed by atoms with Gasteiger partial charge in [-0.1, -0.05) is 17.7 Å². The van der Waals surface area contributed by atoms with Crippen LogP contribution >= 0.6 is 11.6 Å². The van der Waals surface area contributed by atoms with E-state index in [1.54, 1.807) is 18.2 Å². The molecular weight excluding hydrogens is 262 g/mol. The summed E-state index contributed by atoms with van der Waals surface area (Å²) in [6.07, 6.45) is 0. The predicted molar refractivity (Wildman–Crippen MR) is 78.8 cm³/mol. The average Bonchev–Trinajstić information content (AvgIpc) is 2.39. The fraction of sp³-hybridized carbons (Fsp3) is 0.571. The van der Waals surface area contributed by atoms with Crippen LogP contribution in [0.25, 0.3) is 0 Å². The number of nitrogens with one attached hydrogen (secondary N) is 1. The van der Waals surface area contributed by atoms with E-state index >= 15 is 0 Å². The summed E-state index contributed by atoms with van der Waals surface area (Å²) < 4.78 is 0. The maximum Gasteiger partial charge on any atom is 0.121 e. The van der Waals surface area contributed by atoms with Crippen LogP contribution in [0.15, 0.2) is 18.2 Å². The lowest BCUT2D eigenvalue weighted by molar-refractivity contribution is 0.154. The number of benzene rings is 1. The van der Waals surface area contributed by atoms with Gasteiger partial charge in [0.25, 0.3) is 0 Å². The average molecular weight is 284 g/mol. The van der Waals surface area contributed by atoms with Crippen molar-refractivity contribution in [2.24, 2.45) is 0 Å². The minimum absolute atomic E-state index is 0.264. The third-order valence-corrected chi connectivity index (χ3v) is 3.95. The number of phenols is 1. The first-order valence-electron chi connectivity index (χ1n) is 6.75. The number of hydrogen-bond acceptors (Lipinski definition) is 4. The van der Waals surface area contributed by atoms with E-state index in [0.29, 0.717) is 11.6 Å². The quantitative estimate of drug-likeness (QED) is 0.801. The molecule has 1 aliphatic rings. The molecule has 0 aromatic heterocycles. The van der Waals surface area contributed by atoms with Crippen molar-refractivity contribution in [3.05, 3.63) is 28.8 Å². The van der Waals surface area contributed by atoms with Gasteiger partial charge in [0.05, 0.1) is 0 Å². The molecule has 19 heavy (non-hydrogen) atoms. The Hall–Kier alpha value is -0.810. The van der Waals surface area contributed by atoms with Gasteiger partial charge in [-0.3, -0.25) is 4.90 Å². The minimum atomic E-state index is 0.264. The Balaban J connectivity index is 1.69. The second-order valence-electron chi connectivity index (χ2n) is 5.06. The SMILES string of the molecule is CN1CCN(CCNCc2c(O)cccc2Cl)CC1. The first-order valence-corrected chi connectivity index (χ1v) is 7.12. The molecule has 0 amide bonds. The van der Waals surface area contributed by atoms with E-state index in [0.717, 1.165) is 44.8 Å². The summed E-state index contributed by atoms with van der Waals surface area (Å²) in [6, 6.07) is 5.23. The van der Waals surface area contributed by atoms with Crippen molar-refractivity contribution in [2.45, 2.75) is 6.54 Å². The predicted octanol–water partition coefficient (Wildman–Crippen LogP) is 1.38. The van der Waals surface area contributed by atoms with Crippen molar-refractivity contribution >= 4 is 11.6 Å². The normalized spacial score (nSPS) is 17.8. The van der Waals surface area contributed by atoms with Crippen molar-refractivity contribution in [1.82, 2.24) is 15.1 Å². The van der Waals surface area contributed by atoms with E-state index < -0.39 is 0 Å². The van der Waals surface area contributed by atoms with Gasteiger partial charge in [0.1, 0.15) is 5.75 Å². The molecule has 106 valence electrons. The number of hydrogen-bond donors (Lipinski definition) is 2. The molecule has 1 saturated heterocycles. The molecule has 4 nitrogen and oxygen atoms in total. The molecule has 1 aromatic rings. The van der Waals surface area contributed by atoms with Gasteiger partial charge >= 0.3 is 0 Å². The minimum Gasteiger partial charge on any atom is -0.508 e. The van der Waals surface area contributed by atoms with Gasteiger partial charge in [0, 0.05) is 56.4 Å². The zero-order valence-corrected chi connectivity index (χ0v) is 12.2. The Morgan fingerprint density at radius 3 is 2.68 bits per heavy atom. The van der Waals surface area contributed by atoms with Crippen LogP contribution < -0.4 is 5.32 Å². The lowest BCUT2D eigenvalue weighted by Crippen LogP contribution is -2.46. The van der Waals surface area contributed by atoms with E-state index in [-0.39, 0.29) is 5.75 Å². The van der Waals surface area contributed by atoms with Gasteiger partial charge < -0.3 is 15.3 Å². The highest BCUT2D eigenvalue weighted by atomic mass is 35.5. The Morgan fingerprint density at radius 1 is 1.26 bits per heavy atom. The molecule has 0 radical (unpaired) electrons. The standard InChI is InChI=1S/C14H22ClN3O/c1-17-7-9-18(10-8-17)6-5-16-11-12-13(15)3-2-4-14(12)19/h2-4,16,19H,5-11H2,1H3. The van der Waals surface area contributed by atoms with E-state index in [1.807, 2.05) is 0 Å². The summed E-state index contributed by atoms with van der Waals surface area (Å²) in [6.45, 7) is 7.12. The Morgan fingerprint density at radius 2 is 2.00 bits per heavy atom. The second kappa shape index (κ2) is 7.10. The molecule has 0 atom stereocenters. The summed E-state index contributed by atoms with van der Waals surface area (Å²) in [7, 11) is 2.16. The van der Waals surface area contributed by atoms with E-state index in [9.17, 15) is 5.11 Å². The number of piperazine rings is 1. The Bertz CT molecular complexity index is 385. The highest BCUT2D eigenvalue weighted by Crippen LogP contribution is 2.24. The Kier molecular flexibility index (Phi) is 5.45. The third kappa shape index (κ3) is 4.35. The van der Waals surface area contributed by atoms with Crippen LogP contribution in [0.4, 0.5) is 0 Å². The first-order chi connectivity index (χ1) is 9.16. The number of nitrogens with zero attached hydrogens (tertiary/aromatic N) is 2. The van der Waals surface area contributed by atoms with Crippen LogP contribution in [0, 0.1) is 0 Å². The number of rotatable bonds is 5. The van der Waals surface area contributed by atoms with E-state index in [1.165, 1.54) is 0 Å². The van der Waals surface area contributed by atoms with Crippen molar-refractivity contribution in [1.29, 1.82) is 0 Å². The molecule has 0 spiro atoms. The second-order valence-corrected chi connectivity index (χ2v) is 5.47. The fourth-order valence-electron chi connectivity index (χ4n) is 2.24. The van der Waals surface area contributed by atoms with Crippen LogP contribution in [0.3, 0.4) is 0 Å². The van der Waals surface area contributed by atoms with Gasteiger partial charge in [-0.05, 0) is 19.2 Å². The van der Waals surface area contributed by atoms with Crippen molar-refractivity contribution in [3.63, 3.8) is 0 Å². The first kappa shape index (κ1) is 14.6. The summed E-state index contributed by atoms with van der Waals surface area (Å²) in [5.41, 5.74) is 0.780. The highest BCUT2D eigenvalue weighted by molar-refractivity contribution is 6.31. The fourth-order valence-corrected chi connectivity index (χ4v) is 2.48. The largest absolute Gasteiger partial charge is 0.508 e. The molecule has 5 heteroatoms. The summed E-state index contributed by atoms with van der Waals surface area (Å²) in [5, 5.41) is 13.7. The van der Waals surface area contributed by atoms with Gasteiger partial charge in [0.15, 0.2) is 0 Å². The smallest absolute Gasteiger partial charge is 0.121 e. The van der Waals surface area contributed by atoms with Crippen LogP contribution in [0.5, 0.6) is 5.75 Å². The lowest BCUT2D eigenvalue weighted by Gasteiger charge is -2.32. The Labute approximate surface area is 120 Å². The topological polar surface area (TPSA) is 38.7 Å². The summed E-state index contributed by atoms with van der Waals surface area (Å²) in [5.74, 6) is 0.264. The number of likely N-dealkylation sites (N-methyl/N-ethyl adjacent to an activating group) is 1. The molecule has 1 heterocycles. The van der Waals surface area contributed by atoms with Gasteiger partial charge in [-0.25, -0.2) is 0 Å². The third-order valence-electron chi connectivity index (χ3n) is 3.60. The molecule has 0 aliphatic carbocycles. The van der Waals surface area contributed by atoms with Crippen molar-refractivity contribution < 1.29 is 5.11 Å². The summed E-state index contributed by atoms with van der Waals surface area (Å²) >= 11 is 6.06. The van der Waals surface area contributed by atoms with Crippen LogP contribution in [0.1, 0.15) is 5.56 Å². The number of aromatic hydroxyl groups is 1. The number of halogens is 1. The lowest BCUT2D eigenvalue weighted by atomic mass is 10.2. The monoisotopic (exact) mass is 283 g/mol. The molecule has 1 aliphatic heterocycles. The van der Waals surface area contributed by atoms with E-state index in [2.05, 4.69) is 22.2 Å². The van der Waals surface area contributed by atoms with Crippen molar-refractivity contribution in [3.8, 4) is 5.75 Å². The maximum absolute atomic E-state index is 9.73. The molecule has 1 aromatic carbocycles. The molecule has 0 unspecified atom stereocenters. The number of phenolic OH excluding ortho intramolecular Hbond substituents is 1. The van der Waals surface area contributed by atoms with E-state index in [4.69, 9.17) is 11.6 Å². The molecular formula is C14H22ClN3O. The highest BCUT2D eigenvalue weighted by Gasteiger charge is 2.13. The van der Waals surface area contributed by atoms with Gasteiger partial charge in [0.2, 0.25) is 0 Å². The molecule has 2 N–H and O–H groups in total. The molecule has 0 bridgehead atoms. The van der Waals surface area contributed by atoms with Crippen LogP contribution in [0.2, 0.25) is 5.02 Å². The van der Waals surface area contributed by atoms with Crippen molar-refractivity contribution in [2.75, 3.05) is 46.3 Å². The molecule has 1 fully saturated rings. The molecule has 2 rings (SSSR count). The van der Waals surface area contributed by atoms with Crippen LogP contribution in [-0.2, 0) is 6.54 Å².